The molecule has 92 valence electrons. The number of nitrogens with zero attached hydrogens (tertiary/aromatic N) is 2. The molecular formula is C12H16ClN3S. The van der Waals surface area contributed by atoms with E-state index in [1.165, 1.54) is 12.2 Å². The van der Waals surface area contributed by atoms with Gasteiger partial charge in [0.1, 0.15) is 5.52 Å². The lowest BCUT2D eigenvalue weighted by molar-refractivity contribution is 0.656. The molecule has 0 aliphatic heterocycles. The van der Waals surface area contributed by atoms with Crippen LogP contribution in [-0.4, -0.2) is 21.6 Å². The zero-order valence-electron chi connectivity index (χ0n) is 9.82. The van der Waals surface area contributed by atoms with Gasteiger partial charge in [-0.3, -0.25) is 0 Å². The quantitative estimate of drug-likeness (QED) is 0.846. The third kappa shape index (κ3) is 2.69. The molecule has 0 radical (unpaired) electrons. The standard InChI is InChI=1S/C12H16ClN3S/c1-17-8-3-2-7-16-10-6-4-5-9(13)11(10)15-12(16)14/h4-6H,2-3,7-8H2,1H3,(H2,14,15). The number of hydrogen-bond donors (Lipinski definition) is 1. The Bertz CT molecular complexity index is 510. The number of hydrogen-bond acceptors (Lipinski definition) is 3. The summed E-state index contributed by atoms with van der Waals surface area (Å²) in [5.41, 5.74) is 7.75. The van der Waals surface area contributed by atoms with E-state index in [1.54, 1.807) is 0 Å². The Hall–Kier alpha value is -0.870. The zero-order valence-corrected chi connectivity index (χ0v) is 11.4. The molecule has 5 heteroatoms. The molecule has 2 aromatic rings. The minimum Gasteiger partial charge on any atom is -0.369 e. The van der Waals surface area contributed by atoms with Crippen molar-refractivity contribution in [2.24, 2.45) is 0 Å². The molecule has 0 aliphatic rings. The van der Waals surface area contributed by atoms with E-state index in [0.29, 0.717) is 11.0 Å². The summed E-state index contributed by atoms with van der Waals surface area (Å²) < 4.78 is 2.04. The molecular weight excluding hydrogens is 254 g/mol. The van der Waals surface area contributed by atoms with Gasteiger partial charge in [0.15, 0.2) is 0 Å². The van der Waals surface area contributed by atoms with Crippen LogP contribution in [-0.2, 0) is 6.54 Å². The van der Waals surface area contributed by atoms with Crippen LogP contribution in [0.2, 0.25) is 5.02 Å². The van der Waals surface area contributed by atoms with Crippen molar-refractivity contribution in [1.82, 2.24) is 9.55 Å². The van der Waals surface area contributed by atoms with E-state index in [0.717, 1.165) is 24.0 Å². The number of nitrogen functional groups attached to an aromatic ring is 1. The van der Waals surface area contributed by atoms with E-state index >= 15 is 0 Å². The minimum absolute atomic E-state index is 0.553. The molecule has 0 bridgehead atoms. The maximum Gasteiger partial charge on any atom is 0.201 e. The first-order valence-corrected chi connectivity index (χ1v) is 7.40. The molecule has 3 nitrogen and oxygen atoms in total. The Labute approximate surface area is 110 Å². The van der Waals surface area contributed by atoms with Crippen molar-refractivity contribution >= 4 is 40.3 Å². The van der Waals surface area contributed by atoms with Crippen molar-refractivity contribution < 1.29 is 0 Å². The molecule has 2 rings (SSSR count). The Morgan fingerprint density at radius 2 is 2.24 bits per heavy atom. The number of aryl methyl sites for hydroxylation is 1. The molecule has 0 aliphatic carbocycles. The minimum atomic E-state index is 0.553. The fourth-order valence-electron chi connectivity index (χ4n) is 1.88. The lowest BCUT2D eigenvalue weighted by atomic mass is 10.3. The summed E-state index contributed by atoms with van der Waals surface area (Å²) in [6.45, 7) is 0.906. The molecule has 17 heavy (non-hydrogen) atoms. The van der Waals surface area contributed by atoms with E-state index in [-0.39, 0.29) is 0 Å². The second-order valence-electron chi connectivity index (χ2n) is 3.93. The number of imidazole rings is 1. The summed E-state index contributed by atoms with van der Waals surface area (Å²) in [6.07, 6.45) is 4.44. The third-order valence-corrected chi connectivity index (χ3v) is 3.74. The fraction of sp³-hybridized carbons (Fsp3) is 0.417. The smallest absolute Gasteiger partial charge is 0.201 e. The van der Waals surface area contributed by atoms with Gasteiger partial charge in [-0.2, -0.15) is 11.8 Å². The monoisotopic (exact) mass is 269 g/mol. The highest BCUT2D eigenvalue weighted by molar-refractivity contribution is 7.98. The van der Waals surface area contributed by atoms with Gasteiger partial charge in [-0.15, -0.1) is 0 Å². The van der Waals surface area contributed by atoms with Crippen molar-refractivity contribution in [2.45, 2.75) is 19.4 Å². The van der Waals surface area contributed by atoms with Crippen molar-refractivity contribution in [1.29, 1.82) is 0 Å². The highest BCUT2D eigenvalue weighted by Crippen LogP contribution is 2.25. The van der Waals surface area contributed by atoms with E-state index < -0.39 is 0 Å². The summed E-state index contributed by atoms with van der Waals surface area (Å²) in [5, 5.41) is 0.664. The Kier molecular flexibility index (Phi) is 4.18. The van der Waals surface area contributed by atoms with Gasteiger partial charge in [0.2, 0.25) is 5.95 Å². The van der Waals surface area contributed by atoms with Crippen LogP contribution in [0.3, 0.4) is 0 Å². The number of unbranched alkanes of at least 4 members (excludes halogenated alkanes) is 1. The Balaban J connectivity index is 2.21. The van der Waals surface area contributed by atoms with Crippen LogP contribution >= 0.6 is 23.4 Å². The van der Waals surface area contributed by atoms with Gasteiger partial charge >= 0.3 is 0 Å². The van der Waals surface area contributed by atoms with E-state index in [9.17, 15) is 0 Å². The summed E-state index contributed by atoms with van der Waals surface area (Å²) in [4.78, 5) is 4.32. The molecule has 0 saturated heterocycles. The van der Waals surface area contributed by atoms with Crippen molar-refractivity contribution in [3.63, 3.8) is 0 Å². The molecule has 0 atom stereocenters. The highest BCUT2D eigenvalue weighted by atomic mass is 35.5. The molecule has 1 heterocycles. The van der Waals surface area contributed by atoms with Gasteiger partial charge in [-0.1, -0.05) is 17.7 Å². The van der Waals surface area contributed by atoms with Gasteiger partial charge in [0.05, 0.1) is 10.5 Å². The lowest BCUT2D eigenvalue weighted by Gasteiger charge is -2.05. The van der Waals surface area contributed by atoms with Crippen LogP contribution in [0, 0.1) is 0 Å². The summed E-state index contributed by atoms with van der Waals surface area (Å²) >= 11 is 7.96. The van der Waals surface area contributed by atoms with E-state index in [1.807, 2.05) is 34.5 Å². The first-order valence-electron chi connectivity index (χ1n) is 5.63. The normalized spacial score (nSPS) is 11.2. The largest absolute Gasteiger partial charge is 0.369 e. The molecule has 0 fully saturated rings. The summed E-state index contributed by atoms with van der Waals surface area (Å²) in [5.74, 6) is 1.74. The maximum absolute atomic E-state index is 6.09. The third-order valence-electron chi connectivity index (χ3n) is 2.74. The topological polar surface area (TPSA) is 43.8 Å². The number of para-hydroxylation sites is 1. The number of fused-ring (bicyclic) bond motifs is 1. The molecule has 0 spiro atoms. The number of thioether (sulfide) groups is 1. The second-order valence-corrected chi connectivity index (χ2v) is 5.32. The molecule has 1 aromatic heterocycles. The first kappa shape index (κ1) is 12.6. The van der Waals surface area contributed by atoms with Gasteiger partial charge in [-0.05, 0) is 37.0 Å². The van der Waals surface area contributed by atoms with E-state index in [2.05, 4.69) is 11.2 Å². The number of anilines is 1. The maximum atomic E-state index is 6.09. The number of nitrogens with two attached hydrogens (primary N) is 1. The second kappa shape index (κ2) is 5.65. The van der Waals surface area contributed by atoms with Crippen LogP contribution in [0.15, 0.2) is 18.2 Å². The molecule has 1 aromatic carbocycles. The van der Waals surface area contributed by atoms with Crippen molar-refractivity contribution in [3.05, 3.63) is 23.2 Å². The van der Waals surface area contributed by atoms with Gasteiger partial charge in [0.25, 0.3) is 0 Å². The molecule has 0 saturated carbocycles. The molecule has 0 unspecified atom stereocenters. The predicted molar refractivity (Wildman–Crippen MR) is 76.8 cm³/mol. The zero-order chi connectivity index (χ0) is 12.3. The van der Waals surface area contributed by atoms with E-state index in [4.69, 9.17) is 17.3 Å². The van der Waals surface area contributed by atoms with Crippen LogP contribution in [0.5, 0.6) is 0 Å². The number of halogens is 1. The summed E-state index contributed by atoms with van der Waals surface area (Å²) in [7, 11) is 0. The highest BCUT2D eigenvalue weighted by Gasteiger charge is 2.09. The van der Waals surface area contributed by atoms with Crippen LogP contribution in [0.4, 0.5) is 5.95 Å². The average Bonchev–Trinajstić information content (AvgIpc) is 2.63. The van der Waals surface area contributed by atoms with Gasteiger partial charge in [-0.25, -0.2) is 4.98 Å². The van der Waals surface area contributed by atoms with Gasteiger partial charge in [0, 0.05) is 6.54 Å². The summed E-state index contributed by atoms with van der Waals surface area (Å²) in [6, 6.07) is 5.79. The number of rotatable bonds is 5. The predicted octanol–water partition coefficient (Wildman–Crippen LogP) is 3.42. The lowest BCUT2D eigenvalue weighted by Crippen LogP contribution is -2.03. The SMILES string of the molecule is CSCCCCn1c(N)nc2c(Cl)cccc21. The van der Waals surface area contributed by atoms with Crippen LogP contribution in [0.25, 0.3) is 11.0 Å². The first-order chi connectivity index (χ1) is 8.24. The number of aromatic nitrogens is 2. The van der Waals surface area contributed by atoms with Crippen molar-refractivity contribution in [2.75, 3.05) is 17.7 Å². The fourth-order valence-corrected chi connectivity index (χ4v) is 2.59. The average molecular weight is 270 g/mol. The van der Waals surface area contributed by atoms with Gasteiger partial charge < -0.3 is 10.3 Å². The Morgan fingerprint density at radius 3 is 3.00 bits per heavy atom. The van der Waals surface area contributed by atoms with Crippen LogP contribution in [0.1, 0.15) is 12.8 Å². The molecule has 0 amide bonds. The van der Waals surface area contributed by atoms with Crippen LogP contribution < -0.4 is 5.73 Å². The molecule has 2 N–H and O–H groups in total. The van der Waals surface area contributed by atoms with Crippen molar-refractivity contribution in [3.8, 4) is 0 Å². The Morgan fingerprint density at radius 1 is 1.41 bits per heavy atom. The number of benzene rings is 1.